The average molecular weight is 477 g/mol. The highest BCUT2D eigenvalue weighted by molar-refractivity contribution is 7.80. The zero-order valence-corrected chi connectivity index (χ0v) is 17.9. The van der Waals surface area contributed by atoms with Gasteiger partial charge in [-0.25, -0.2) is 4.68 Å². The lowest BCUT2D eigenvalue weighted by Gasteiger charge is -2.20. The van der Waals surface area contributed by atoms with Gasteiger partial charge in [0, 0.05) is 16.4 Å². The van der Waals surface area contributed by atoms with E-state index in [9.17, 15) is 32.7 Å². The third-order valence-electron chi connectivity index (χ3n) is 6.02. The molecular weight excluding hydrogens is 459 g/mol. The monoisotopic (exact) mass is 477 g/mol. The minimum Gasteiger partial charge on any atom is -0.481 e. The van der Waals surface area contributed by atoms with Crippen LogP contribution in [0.25, 0.3) is 10.9 Å². The van der Waals surface area contributed by atoms with Gasteiger partial charge in [-0.3, -0.25) is 14.4 Å². The maximum Gasteiger partial charge on any atom is 0.416 e. The van der Waals surface area contributed by atoms with Gasteiger partial charge in [-0.05, 0) is 49.1 Å². The fourth-order valence-corrected chi connectivity index (χ4v) is 4.54. The molecule has 172 valence electrons. The molecule has 3 aromatic rings. The summed E-state index contributed by atoms with van der Waals surface area (Å²) in [4.78, 5) is 38.5. The van der Waals surface area contributed by atoms with E-state index in [1.807, 2.05) is 0 Å². The van der Waals surface area contributed by atoms with E-state index in [2.05, 4.69) is 22.9 Å². The Morgan fingerprint density at radius 1 is 1.12 bits per heavy atom. The Labute approximate surface area is 190 Å². The number of nitrogens with zero attached hydrogens (tertiary/aromatic N) is 3. The van der Waals surface area contributed by atoms with Crippen LogP contribution in [0.5, 0.6) is 0 Å². The van der Waals surface area contributed by atoms with Crippen LogP contribution < -0.4 is 5.56 Å². The number of fused-ring (bicyclic) bond motifs is 1. The highest BCUT2D eigenvalue weighted by Gasteiger charge is 2.45. The van der Waals surface area contributed by atoms with Crippen LogP contribution in [0.1, 0.15) is 28.8 Å². The SMILES string of the molecule is O=C(c1ccc(S)cc1)C1CCC(Cn2nnc3ccc(C(F)(F)F)cc3c2=O)C1C(=O)O. The smallest absolute Gasteiger partial charge is 0.416 e. The van der Waals surface area contributed by atoms with E-state index >= 15 is 0 Å². The number of alkyl halides is 3. The van der Waals surface area contributed by atoms with Gasteiger partial charge in [0.15, 0.2) is 5.78 Å². The van der Waals surface area contributed by atoms with Gasteiger partial charge < -0.3 is 5.11 Å². The number of hydrogen-bond donors (Lipinski definition) is 2. The molecule has 1 fully saturated rings. The Bertz CT molecular complexity index is 1290. The summed E-state index contributed by atoms with van der Waals surface area (Å²) in [6.07, 6.45) is -3.99. The number of halogens is 3. The molecule has 1 aliphatic rings. The molecule has 0 radical (unpaired) electrons. The van der Waals surface area contributed by atoms with Gasteiger partial charge in [-0.15, -0.1) is 17.7 Å². The van der Waals surface area contributed by atoms with Crippen molar-refractivity contribution in [1.82, 2.24) is 15.0 Å². The molecule has 3 unspecified atom stereocenters. The maximum atomic E-state index is 13.1. The molecular formula is C22H18F3N3O4S. The number of benzene rings is 2. The molecule has 4 rings (SSSR count). The summed E-state index contributed by atoms with van der Waals surface area (Å²) >= 11 is 4.17. The number of carboxylic acid groups (broad SMARTS) is 1. The highest BCUT2D eigenvalue weighted by Crippen LogP contribution is 2.40. The second kappa shape index (κ2) is 8.62. The minimum atomic E-state index is -4.63. The van der Waals surface area contributed by atoms with E-state index in [4.69, 9.17) is 0 Å². The first kappa shape index (κ1) is 23.0. The Morgan fingerprint density at radius 3 is 2.45 bits per heavy atom. The van der Waals surface area contributed by atoms with E-state index in [0.29, 0.717) is 29.4 Å². The van der Waals surface area contributed by atoms with Crippen molar-refractivity contribution < 1.29 is 27.9 Å². The van der Waals surface area contributed by atoms with E-state index in [0.717, 1.165) is 16.8 Å². The van der Waals surface area contributed by atoms with E-state index < -0.39 is 41.0 Å². The van der Waals surface area contributed by atoms with Gasteiger partial charge in [0.2, 0.25) is 0 Å². The Kier molecular flexibility index (Phi) is 6.00. The number of hydrogen-bond acceptors (Lipinski definition) is 6. The number of carbonyl (C=O) groups excluding carboxylic acids is 1. The van der Waals surface area contributed by atoms with E-state index in [1.54, 1.807) is 24.3 Å². The van der Waals surface area contributed by atoms with Crippen LogP contribution in [0.3, 0.4) is 0 Å². The van der Waals surface area contributed by atoms with Crippen molar-refractivity contribution in [2.75, 3.05) is 0 Å². The van der Waals surface area contributed by atoms with Gasteiger partial charge >= 0.3 is 12.1 Å². The quantitative estimate of drug-likeness (QED) is 0.429. The Balaban J connectivity index is 1.63. The van der Waals surface area contributed by atoms with Crippen molar-refractivity contribution in [3.05, 3.63) is 63.9 Å². The van der Waals surface area contributed by atoms with Gasteiger partial charge in [0.25, 0.3) is 5.56 Å². The second-order valence-electron chi connectivity index (χ2n) is 8.03. The highest BCUT2D eigenvalue weighted by atomic mass is 32.1. The molecule has 7 nitrogen and oxygen atoms in total. The van der Waals surface area contributed by atoms with Crippen LogP contribution in [-0.4, -0.2) is 31.9 Å². The Hall–Kier alpha value is -3.21. The van der Waals surface area contributed by atoms with Crippen LogP contribution >= 0.6 is 12.6 Å². The molecule has 3 atom stereocenters. The van der Waals surface area contributed by atoms with E-state index in [1.165, 1.54) is 0 Å². The molecule has 1 N–H and O–H groups in total. The summed E-state index contributed by atoms with van der Waals surface area (Å²) in [6, 6.07) is 9.02. The van der Waals surface area contributed by atoms with Crippen molar-refractivity contribution in [1.29, 1.82) is 0 Å². The Morgan fingerprint density at radius 2 is 1.82 bits per heavy atom. The predicted octanol–water partition coefficient (Wildman–Crippen LogP) is 3.71. The third kappa shape index (κ3) is 4.50. The van der Waals surface area contributed by atoms with Gasteiger partial charge in [0.05, 0.1) is 23.4 Å². The lowest BCUT2D eigenvalue weighted by molar-refractivity contribution is -0.144. The summed E-state index contributed by atoms with van der Waals surface area (Å²) < 4.78 is 40.0. The fraction of sp³-hybridized carbons (Fsp3) is 0.318. The third-order valence-corrected chi connectivity index (χ3v) is 6.32. The summed E-state index contributed by atoms with van der Waals surface area (Å²) in [6.45, 7) is -0.172. The second-order valence-corrected chi connectivity index (χ2v) is 8.54. The van der Waals surface area contributed by atoms with Gasteiger partial charge in [-0.2, -0.15) is 13.2 Å². The number of ketones is 1. The summed E-state index contributed by atoms with van der Waals surface area (Å²) in [5.74, 6) is -3.97. The zero-order chi connectivity index (χ0) is 23.9. The molecule has 11 heteroatoms. The number of carboxylic acids is 1. The molecule has 1 heterocycles. The van der Waals surface area contributed by atoms with Crippen molar-refractivity contribution >= 4 is 35.3 Å². The number of carbonyl (C=O) groups is 2. The molecule has 0 saturated heterocycles. The molecule has 0 amide bonds. The summed E-state index contributed by atoms with van der Waals surface area (Å²) in [5.41, 5.74) is -1.42. The van der Waals surface area contributed by atoms with Crippen LogP contribution in [0.2, 0.25) is 0 Å². The molecule has 33 heavy (non-hydrogen) atoms. The number of rotatable bonds is 5. The van der Waals surface area contributed by atoms with Gasteiger partial charge in [-0.1, -0.05) is 17.3 Å². The molecule has 0 bridgehead atoms. The maximum absolute atomic E-state index is 13.1. The predicted molar refractivity (Wildman–Crippen MR) is 114 cm³/mol. The first-order valence-electron chi connectivity index (χ1n) is 10.1. The molecule has 1 aromatic heterocycles. The van der Waals surface area contributed by atoms with Crippen molar-refractivity contribution in [3.8, 4) is 0 Å². The topological polar surface area (TPSA) is 102 Å². The first-order chi connectivity index (χ1) is 15.6. The fourth-order valence-electron chi connectivity index (χ4n) is 4.39. The van der Waals surface area contributed by atoms with Crippen molar-refractivity contribution in [2.45, 2.75) is 30.5 Å². The largest absolute Gasteiger partial charge is 0.481 e. The van der Waals surface area contributed by atoms with Crippen molar-refractivity contribution in [2.24, 2.45) is 17.8 Å². The first-order valence-corrected chi connectivity index (χ1v) is 10.5. The van der Waals surface area contributed by atoms with Gasteiger partial charge in [0.1, 0.15) is 5.52 Å². The molecule has 0 aliphatic heterocycles. The number of Topliss-reactive ketones (excluding diaryl/α,β-unsaturated/α-hetero) is 1. The normalized spacial score (nSPS) is 20.8. The number of aromatic nitrogens is 3. The van der Waals surface area contributed by atoms with Crippen LogP contribution in [0.15, 0.2) is 52.2 Å². The standard InChI is InChI=1S/C22H18F3N3O4S/c23-22(24,25)13-4-8-17-16(9-13)20(30)28(27-26-17)10-12-3-7-15(18(12)21(31)32)19(29)11-1-5-14(33)6-2-11/h1-2,4-6,8-9,12,15,18,33H,3,7,10H2,(H,31,32). The lowest BCUT2D eigenvalue weighted by atomic mass is 9.84. The summed E-state index contributed by atoms with van der Waals surface area (Å²) in [7, 11) is 0. The van der Waals surface area contributed by atoms with Crippen molar-refractivity contribution in [3.63, 3.8) is 0 Å². The summed E-state index contributed by atoms with van der Waals surface area (Å²) in [5, 5.41) is 17.2. The molecule has 2 aromatic carbocycles. The molecule has 1 aliphatic carbocycles. The molecule has 0 spiro atoms. The lowest BCUT2D eigenvalue weighted by Crippen LogP contribution is -2.34. The average Bonchev–Trinajstić information content (AvgIpc) is 3.19. The minimum absolute atomic E-state index is 0.00569. The molecule has 1 saturated carbocycles. The number of thiol groups is 1. The van der Waals surface area contributed by atoms with Crippen LogP contribution in [0, 0.1) is 17.8 Å². The number of aliphatic carboxylic acids is 1. The zero-order valence-electron chi connectivity index (χ0n) is 17.0. The van der Waals surface area contributed by atoms with Crippen LogP contribution in [-0.2, 0) is 17.5 Å². The van der Waals surface area contributed by atoms with Crippen LogP contribution in [0.4, 0.5) is 13.2 Å². The van der Waals surface area contributed by atoms with E-state index in [-0.39, 0.29) is 23.2 Å².